The Kier molecular flexibility index (Phi) is 6.15. The molecule has 2 aliphatic rings. The first-order valence-electron chi connectivity index (χ1n) is 8.68. The molecule has 0 unspecified atom stereocenters. The predicted molar refractivity (Wildman–Crippen MR) is 83.5 cm³/mol. The van der Waals surface area contributed by atoms with Crippen LogP contribution in [0.3, 0.4) is 0 Å². The average molecular weight is 266 g/mol. The molecular formula is C17H34N2. The van der Waals surface area contributed by atoms with Crippen molar-refractivity contribution in [1.82, 2.24) is 10.2 Å². The summed E-state index contributed by atoms with van der Waals surface area (Å²) >= 11 is 0. The van der Waals surface area contributed by atoms with Crippen LogP contribution in [0.25, 0.3) is 0 Å². The van der Waals surface area contributed by atoms with Crippen LogP contribution in [0.1, 0.15) is 65.7 Å². The van der Waals surface area contributed by atoms with E-state index in [-0.39, 0.29) is 0 Å². The van der Waals surface area contributed by atoms with Crippen LogP contribution >= 0.6 is 0 Å². The summed E-state index contributed by atoms with van der Waals surface area (Å²) in [6, 6.07) is 1.71. The van der Waals surface area contributed by atoms with Gasteiger partial charge in [-0.1, -0.05) is 20.8 Å². The molecule has 2 rings (SSSR count). The molecule has 2 fully saturated rings. The first-order valence-corrected chi connectivity index (χ1v) is 8.68. The highest BCUT2D eigenvalue weighted by Crippen LogP contribution is 2.30. The van der Waals surface area contributed by atoms with E-state index in [1.54, 1.807) is 0 Å². The van der Waals surface area contributed by atoms with Gasteiger partial charge in [-0.3, -0.25) is 0 Å². The molecule has 0 spiro atoms. The summed E-state index contributed by atoms with van der Waals surface area (Å²) in [6.07, 6.45) is 9.78. The first-order chi connectivity index (χ1) is 9.20. The van der Waals surface area contributed by atoms with E-state index in [1.165, 1.54) is 64.6 Å². The minimum atomic E-state index is 0.810. The molecule has 19 heavy (non-hydrogen) atoms. The van der Waals surface area contributed by atoms with Gasteiger partial charge in [-0.2, -0.15) is 0 Å². The largest absolute Gasteiger partial charge is 0.314 e. The highest BCUT2D eigenvalue weighted by Gasteiger charge is 2.29. The van der Waals surface area contributed by atoms with Crippen molar-refractivity contribution in [3.05, 3.63) is 0 Å². The third-order valence-corrected chi connectivity index (χ3v) is 5.41. The van der Waals surface area contributed by atoms with Gasteiger partial charge in [0.2, 0.25) is 0 Å². The molecule has 0 aromatic carbocycles. The van der Waals surface area contributed by atoms with Crippen molar-refractivity contribution < 1.29 is 0 Å². The summed E-state index contributed by atoms with van der Waals surface area (Å²) < 4.78 is 0. The van der Waals surface area contributed by atoms with Crippen molar-refractivity contribution in [3.63, 3.8) is 0 Å². The van der Waals surface area contributed by atoms with Crippen LogP contribution in [-0.4, -0.2) is 36.6 Å². The molecule has 1 saturated carbocycles. The molecule has 1 aliphatic heterocycles. The van der Waals surface area contributed by atoms with Gasteiger partial charge in [0.1, 0.15) is 0 Å². The van der Waals surface area contributed by atoms with Gasteiger partial charge in [-0.15, -0.1) is 0 Å². The number of likely N-dealkylation sites (tertiary alicyclic amines) is 1. The molecule has 1 aliphatic carbocycles. The van der Waals surface area contributed by atoms with Gasteiger partial charge >= 0.3 is 0 Å². The van der Waals surface area contributed by atoms with E-state index in [9.17, 15) is 0 Å². The topological polar surface area (TPSA) is 15.3 Å². The molecule has 2 heteroatoms. The van der Waals surface area contributed by atoms with E-state index in [0.29, 0.717) is 0 Å². The lowest BCUT2D eigenvalue weighted by Crippen LogP contribution is -2.46. The third kappa shape index (κ3) is 4.46. The zero-order chi connectivity index (χ0) is 13.7. The lowest BCUT2D eigenvalue weighted by Gasteiger charge is -2.41. The maximum atomic E-state index is 3.70. The van der Waals surface area contributed by atoms with Crippen LogP contribution in [-0.2, 0) is 0 Å². The standard InChI is InChI=1S/C17H34N2/c1-4-11-18-16-5-7-17(8-6-16)19-12-9-15(10-13-19)14(2)3/h14-18H,4-13H2,1-3H3. The van der Waals surface area contributed by atoms with Crippen LogP contribution in [0.2, 0.25) is 0 Å². The zero-order valence-electron chi connectivity index (χ0n) is 13.3. The van der Waals surface area contributed by atoms with Crippen molar-refractivity contribution in [2.75, 3.05) is 19.6 Å². The van der Waals surface area contributed by atoms with E-state index >= 15 is 0 Å². The Morgan fingerprint density at radius 3 is 2.16 bits per heavy atom. The molecule has 1 N–H and O–H groups in total. The molecule has 2 nitrogen and oxygen atoms in total. The number of nitrogens with one attached hydrogen (secondary N) is 1. The van der Waals surface area contributed by atoms with Gasteiger partial charge in [0.05, 0.1) is 0 Å². The van der Waals surface area contributed by atoms with Crippen molar-refractivity contribution >= 4 is 0 Å². The van der Waals surface area contributed by atoms with E-state index in [2.05, 4.69) is 31.0 Å². The maximum Gasteiger partial charge on any atom is 0.00964 e. The number of hydrogen-bond donors (Lipinski definition) is 1. The Hall–Kier alpha value is -0.0800. The Balaban J connectivity index is 1.68. The lowest BCUT2D eigenvalue weighted by molar-refractivity contribution is 0.0873. The second-order valence-electron chi connectivity index (χ2n) is 7.08. The molecule has 1 saturated heterocycles. The molecule has 112 valence electrons. The van der Waals surface area contributed by atoms with Crippen molar-refractivity contribution in [1.29, 1.82) is 0 Å². The number of piperidine rings is 1. The van der Waals surface area contributed by atoms with Crippen LogP contribution in [0.5, 0.6) is 0 Å². The minimum absolute atomic E-state index is 0.810. The van der Waals surface area contributed by atoms with E-state index in [0.717, 1.165) is 23.9 Å². The zero-order valence-corrected chi connectivity index (χ0v) is 13.3. The van der Waals surface area contributed by atoms with Gasteiger partial charge in [0.15, 0.2) is 0 Å². The first kappa shape index (κ1) is 15.3. The van der Waals surface area contributed by atoms with Crippen LogP contribution in [0.15, 0.2) is 0 Å². The fourth-order valence-corrected chi connectivity index (χ4v) is 3.94. The monoisotopic (exact) mass is 266 g/mol. The highest BCUT2D eigenvalue weighted by molar-refractivity contribution is 4.85. The fourth-order valence-electron chi connectivity index (χ4n) is 3.94. The number of hydrogen-bond acceptors (Lipinski definition) is 2. The normalized spacial score (nSPS) is 30.9. The number of rotatable bonds is 5. The summed E-state index contributed by atoms with van der Waals surface area (Å²) in [7, 11) is 0. The van der Waals surface area contributed by atoms with Crippen molar-refractivity contribution in [2.45, 2.75) is 77.8 Å². The minimum Gasteiger partial charge on any atom is -0.314 e. The van der Waals surface area contributed by atoms with E-state index < -0.39 is 0 Å². The summed E-state index contributed by atoms with van der Waals surface area (Å²) in [6.45, 7) is 11.0. The number of nitrogens with zero attached hydrogens (tertiary/aromatic N) is 1. The molecule has 0 atom stereocenters. The third-order valence-electron chi connectivity index (χ3n) is 5.41. The molecule has 0 aromatic heterocycles. The summed E-state index contributed by atoms with van der Waals surface area (Å²) in [5, 5.41) is 3.70. The molecule has 0 amide bonds. The average Bonchev–Trinajstić information content (AvgIpc) is 2.46. The quantitative estimate of drug-likeness (QED) is 0.817. The van der Waals surface area contributed by atoms with E-state index in [1.807, 2.05) is 0 Å². The van der Waals surface area contributed by atoms with Gasteiger partial charge in [0, 0.05) is 12.1 Å². The summed E-state index contributed by atoms with van der Waals surface area (Å²) in [5.41, 5.74) is 0. The summed E-state index contributed by atoms with van der Waals surface area (Å²) in [5.74, 6) is 1.87. The van der Waals surface area contributed by atoms with Crippen LogP contribution < -0.4 is 5.32 Å². The predicted octanol–water partition coefficient (Wildman–Crippen LogP) is 3.67. The Bertz CT molecular complexity index is 236. The van der Waals surface area contributed by atoms with Crippen molar-refractivity contribution in [2.24, 2.45) is 11.8 Å². The second kappa shape index (κ2) is 7.64. The maximum absolute atomic E-state index is 3.70. The van der Waals surface area contributed by atoms with Gasteiger partial charge < -0.3 is 10.2 Å². The van der Waals surface area contributed by atoms with Crippen LogP contribution in [0.4, 0.5) is 0 Å². The Morgan fingerprint density at radius 2 is 1.63 bits per heavy atom. The smallest absolute Gasteiger partial charge is 0.00964 e. The highest BCUT2D eigenvalue weighted by atomic mass is 15.2. The lowest BCUT2D eigenvalue weighted by atomic mass is 9.84. The molecule has 0 aromatic rings. The molecule has 0 radical (unpaired) electrons. The van der Waals surface area contributed by atoms with E-state index in [4.69, 9.17) is 0 Å². The van der Waals surface area contributed by atoms with Gasteiger partial charge in [-0.05, 0) is 76.4 Å². The van der Waals surface area contributed by atoms with Crippen LogP contribution in [0, 0.1) is 11.8 Å². The molecule has 0 bridgehead atoms. The summed E-state index contributed by atoms with van der Waals surface area (Å²) in [4.78, 5) is 2.80. The van der Waals surface area contributed by atoms with Crippen molar-refractivity contribution in [3.8, 4) is 0 Å². The van der Waals surface area contributed by atoms with Gasteiger partial charge in [0.25, 0.3) is 0 Å². The SMILES string of the molecule is CCCNC1CCC(N2CCC(C(C)C)CC2)CC1. The molecule has 1 heterocycles. The Morgan fingerprint density at radius 1 is 1.00 bits per heavy atom. The van der Waals surface area contributed by atoms with Gasteiger partial charge in [-0.25, -0.2) is 0 Å². The molecular weight excluding hydrogens is 232 g/mol. The second-order valence-corrected chi connectivity index (χ2v) is 7.08. The fraction of sp³-hybridized carbons (Fsp3) is 1.00. The Labute approximate surface area is 120 Å².